The summed E-state index contributed by atoms with van der Waals surface area (Å²) in [4.78, 5) is 0. The van der Waals surface area contributed by atoms with Gasteiger partial charge in [-0.25, -0.2) is 0 Å². The van der Waals surface area contributed by atoms with Crippen molar-refractivity contribution in [2.75, 3.05) is 0 Å². The van der Waals surface area contributed by atoms with Gasteiger partial charge in [0.05, 0.1) is 0 Å². The van der Waals surface area contributed by atoms with E-state index in [1.165, 1.54) is 108 Å². The Labute approximate surface area is 163 Å². The van der Waals surface area contributed by atoms with Gasteiger partial charge in [0.1, 0.15) is 5.75 Å². The summed E-state index contributed by atoms with van der Waals surface area (Å²) in [5.41, 5.74) is 1.42. The Balaban J connectivity index is 2.07. The van der Waals surface area contributed by atoms with Crippen LogP contribution in [0.5, 0.6) is 5.75 Å². The first-order chi connectivity index (χ1) is 12.8. The highest BCUT2D eigenvalue weighted by Gasteiger charge is 2.11. The summed E-state index contributed by atoms with van der Waals surface area (Å²) in [6.07, 6.45) is 22.2. The minimum atomic E-state index is 0.383. The SMILES string of the molecule is CCCCCCCCCCCCCCC(CCCC)c1ccc(O)cc1. The number of phenolic OH excluding ortho intramolecular Hbond substituents is 1. The summed E-state index contributed by atoms with van der Waals surface area (Å²) < 4.78 is 0. The molecule has 0 saturated heterocycles. The summed E-state index contributed by atoms with van der Waals surface area (Å²) in [5.74, 6) is 1.06. The molecule has 0 heterocycles. The maximum absolute atomic E-state index is 9.50. The fourth-order valence-corrected chi connectivity index (χ4v) is 3.91. The molecule has 0 saturated carbocycles. The van der Waals surface area contributed by atoms with Crippen LogP contribution in [0.25, 0.3) is 0 Å². The molecule has 0 spiro atoms. The fourth-order valence-electron chi connectivity index (χ4n) is 3.91. The predicted octanol–water partition coefficient (Wildman–Crippen LogP) is 8.76. The van der Waals surface area contributed by atoms with Crippen molar-refractivity contribution >= 4 is 0 Å². The van der Waals surface area contributed by atoms with Gasteiger partial charge in [-0.2, -0.15) is 0 Å². The predicted molar refractivity (Wildman–Crippen MR) is 116 cm³/mol. The first-order valence-electron chi connectivity index (χ1n) is 11.6. The number of hydrogen-bond donors (Lipinski definition) is 1. The number of hydrogen-bond acceptors (Lipinski definition) is 1. The zero-order valence-electron chi connectivity index (χ0n) is 17.6. The van der Waals surface area contributed by atoms with Gasteiger partial charge in [-0.15, -0.1) is 0 Å². The average Bonchev–Trinajstić information content (AvgIpc) is 2.66. The van der Waals surface area contributed by atoms with Crippen LogP contribution < -0.4 is 0 Å². The fraction of sp³-hybridized carbons (Fsp3) is 0.760. The van der Waals surface area contributed by atoms with Gasteiger partial charge in [-0.1, -0.05) is 116 Å². The molecule has 1 atom stereocenters. The summed E-state index contributed by atoms with van der Waals surface area (Å²) >= 11 is 0. The molecule has 1 rings (SSSR count). The lowest BCUT2D eigenvalue weighted by atomic mass is 9.88. The molecule has 1 heteroatoms. The van der Waals surface area contributed by atoms with Gasteiger partial charge < -0.3 is 5.11 Å². The molecule has 0 aromatic heterocycles. The zero-order chi connectivity index (χ0) is 18.9. The summed E-state index contributed by atoms with van der Waals surface area (Å²) in [6.45, 7) is 4.56. The third-order valence-corrected chi connectivity index (χ3v) is 5.68. The number of unbranched alkanes of at least 4 members (excludes halogenated alkanes) is 12. The molecule has 0 fully saturated rings. The normalized spacial score (nSPS) is 12.4. The van der Waals surface area contributed by atoms with E-state index < -0.39 is 0 Å². The zero-order valence-corrected chi connectivity index (χ0v) is 17.6. The van der Waals surface area contributed by atoms with Crippen LogP contribution >= 0.6 is 0 Å². The Hall–Kier alpha value is -0.980. The average molecular weight is 361 g/mol. The Kier molecular flexibility index (Phi) is 14.4. The Morgan fingerprint density at radius 3 is 1.50 bits per heavy atom. The highest BCUT2D eigenvalue weighted by atomic mass is 16.3. The van der Waals surface area contributed by atoms with Crippen molar-refractivity contribution < 1.29 is 5.11 Å². The van der Waals surface area contributed by atoms with Crippen molar-refractivity contribution in [2.24, 2.45) is 0 Å². The maximum atomic E-state index is 9.50. The summed E-state index contributed by atoms with van der Waals surface area (Å²) in [5, 5.41) is 9.50. The van der Waals surface area contributed by atoms with Crippen LogP contribution in [-0.4, -0.2) is 5.11 Å². The van der Waals surface area contributed by atoms with E-state index in [1.54, 1.807) is 0 Å². The number of aromatic hydroxyl groups is 1. The van der Waals surface area contributed by atoms with E-state index in [0.29, 0.717) is 11.7 Å². The highest BCUT2D eigenvalue weighted by molar-refractivity contribution is 5.28. The Morgan fingerprint density at radius 2 is 1.00 bits per heavy atom. The molecule has 1 aromatic carbocycles. The third kappa shape index (κ3) is 11.6. The van der Waals surface area contributed by atoms with E-state index in [2.05, 4.69) is 26.0 Å². The molecule has 0 amide bonds. The van der Waals surface area contributed by atoms with Crippen LogP contribution in [-0.2, 0) is 0 Å². The Morgan fingerprint density at radius 1 is 0.577 bits per heavy atom. The van der Waals surface area contributed by atoms with Crippen molar-refractivity contribution in [1.82, 2.24) is 0 Å². The molecule has 26 heavy (non-hydrogen) atoms. The summed E-state index contributed by atoms with van der Waals surface area (Å²) in [7, 11) is 0. The van der Waals surface area contributed by atoms with Gasteiger partial charge in [0.2, 0.25) is 0 Å². The van der Waals surface area contributed by atoms with Crippen molar-refractivity contribution in [3.05, 3.63) is 29.8 Å². The van der Waals surface area contributed by atoms with Crippen molar-refractivity contribution in [3.63, 3.8) is 0 Å². The molecule has 0 aliphatic rings. The van der Waals surface area contributed by atoms with E-state index in [0.717, 1.165) is 0 Å². The largest absolute Gasteiger partial charge is 0.508 e. The van der Waals surface area contributed by atoms with Gasteiger partial charge in [0.25, 0.3) is 0 Å². The third-order valence-electron chi connectivity index (χ3n) is 5.68. The molecule has 1 N–H and O–H groups in total. The second kappa shape index (κ2) is 16.2. The Bertz CT molecular complexity index is 409. The van der Waals surface area contributed by atoms with Crippen LogP contribution in [0.2, 0.25) is 0 Å². The molecular formula is C25H44O. The van der Waals surface area contributed by atoms with Gasteiger partial charge in [0.15, 0.2) is 0 Å². The van der Waals surface area contributed by atoms with Crippen LogP contribution in [0.15, 0.2) is 24.3 Å². The lowest BCUT2D eigenvalue weighted by Crippen LogP contribution is -1.99. The molecule has 0 bridgehead atoms. The van der Waals surface area contributed by atoms with Crippen molar-refractivity contribution in [1.29, 1.82) is 0 Å². The van der Waals surface area contributed by atoms with Crippen LogP contribution in [0.3, 0.4) is 0 Å². The standard InChI is InChI=1S/C25H44O/c1-3-5-7-8-9-10-11-12-13-14-15-16-18-23(17-6-4-2)24-19-21-25(26)22-20-24/h19-23,26H,3-18H2,1-2H3. The van der Waals surface area contributed by atoms with Gasteiger partial charge in [-0.3, -0.25) is 0 Å². The molecule has 150 valence electrons. The maximum Gasteiger partial charge on any atom is 0.115 e. The second-order valence-electron chi connectivity index (χ2n) is 8.11. The highest BCUT2D eigenvalue weighted by Crippen LogP contribution is 2.29. The minimum Gasteiger partial charge on any atom is -0.508 e. The van der Waals surface area contributed by atoms with E-state index in [-0.39, 0.29) is 0 Å². The van der Waals surface area contributed by atoms with E-state index in [9.17, 15) is 5.11 Å². The van der Waals surface area contributed by atoms with Crippen molar-refractivity contribution in [3.8, 4) is 5.75 Å². The smallest absolute Gasteiger partial charge is 0.115 e. The molecule has 0 aliphatic heterocycles. The van der Waals surface area contributed by atoms with Crippen LogP contribution in [0.4, 0.5) is 0 Å². The number of phenols is 1. The number of benzene rings is 1. The number of rotatable bonds is 17. The molecule has 1 unspecified atom stereocenters. The summed E-state index contributed by atoms with van der Waals surface area (Å²) in [6, 6.07) is 7.93. The molecule has 0 radical (unpaired) electrons. The molecule has 1 nitrogen and oxygen atoms in total. The van der Waals surface area contributed by atoms with Crippen LogP contribution in [0, 0.1) is 0 Å². The van der Waals surface area contributed by atoms with E-state index in [4.69, 9.17) is 0 Å². The first-order valence-corrected chi connectivity index (χ1v) is 11.6. The molecule has 1 aromatic rings. The monoisotopic (exact) mass is 360 g/mol. The molecular weight excluding hydrogens is 316 g/mol. The topological polar surface area (TPSA) is 20.2 Å². The van der Waals surface area contributed by atoms with Gasteiger partial charge in [0, 0.05) is 0 Å². The van der Waals surface area contributed by atoms with Crippen molar-refractivity contribution in [2.45, 2.75) is 122 Å². The van der Waals surface area contributed by atoms with Gasteiger partial charge >= 0.3 is 0 Å². The second-order valence-corrected chi connectivity index (χ2v) is 8.11. The lowest BCUT2D eigenvalue weighted by molar-refractivity contribution is 0.472. The van der Waals surface area contributed by atoms with Gasteiger partial charge in [-0.05, 0) is 36.5 Å². The first kappa shape index (κ1) is 23.1. The van der Waals surface area contributed by atoms with E-state index >= 15 is 0 Å². The van der Waals surface area contributed by atoms with E-state index in [1.807, 2.05) is 12.1 Å². The molecule has 0 aliphatic carbocycles. The van der Waals surface area contributed by atoms with Crippen LogP contribution in [0.1, 0.15) is 128 Å². The lowest BCUT2D eigenvalue weighted by Gasteiger charge is -2.17. The minimum absolute atomic E-state index is 0.383. The quantitative estimate of drug-likeness (QED) is 0.275.